The number of Topliss-reactive ketones (excluding diaryl/α,β-unsaturated/α-hetero) is 1. The maximum atomic E-state index is 12.6. The van der Waals surface area contributed by atoms with Crippen LogP contribution in [-0.2, 0) is 20.9 Å². The van der Waals surface area contributed by atoms with Gasteiger partial charge in [-0.2, -0.15) is 0 Å². The van der Waals surface area contributed by atoms with Gasteiger partial charge in [0.1, 0.15) is 11.5 Å². The number of ether oxygens (including phenoxy) is 3. The first-order chi connectivity index (χ1) is 17.6. The summed E-state index contributed by atoms with van der Waals surface area (Å²) in [5.41, 5.74) is 2.46. The molecule has 5 rings (SSSR count). The lowest BCUT2D eigenvalue weighted by Crippen LogP contribution is -2.56. The Morgan fingerprint density at radius 2 is 1.76 bits per heavy atom. The molecule has 0 amide bonds. The van der Waals surface area contributed by atoms with Crippen LogP contribution in [0, 0.1) is 34.5 Å². The molecule has 0 aliphatic heterocycles. The lowest BCUT2D eigenvalue weighted by atomic mass is 9.46. The van der Waals surface area contributed by atoms with Gasteiger partial charge in [-0.05, 0) is 99.2 Å². The lowest BCUT2D eigenvalue weighted by Gasteiger charge is -2.60. The highest BCUT2D eigenvalue weighted by Crippen LogP contribution is 2.67. The molecule has 4 unspecified atom stereocenters. The van der Waals surface area contributed by atoms with Crippen LogP contribution >= 0.6 is 0 Å². The molecular weight excluding hydrogens is 464 g/mol. The molecule has 8 atom stereocenters. The second kappa shape index (κ2) is 10.1. The van der Waals surface area contributed by atoms with Crippen molar-refractivity contribution in [2.45, 2.75) is 98.1 Å². The van der Waals surface area contributed by atoms with Gasteiger partial charge in [-0.15, -0.1) is 0 Å². The minimum absolute atomic E-state index is 0.0434. The highest BCUT2D eigenvalue weighted by Gasteiger charge is 2.62. The third-order valence-corrected chi connectivity index (χ3v) is 10.7. The van der Waals surface area contributed by atoms with Crippen LogP contribution in [0.2, 0.25) is 0 Å². The maximum Gasteiger partial charge on any atom is 0.169 e. The van der Waals surface area contributed by atoms with Crippen LogP contribution in [0.15, 0.2) is 35.9 Å². The minimum Gasteiger partial charge on any atom is -0.494 e. The zero-order valence-electron chi connectivity index (χ0n) is 23.4. The second-order valence-electron chi connectivity index (χ2n) is 12.6. The van der Waals surface area contributed by atoms with Crippen LogP contribution in [0.3, 0.4) is 0 Å². The van der Waals surface area contributed by atoms with Crippen LogP contribution in [0.1, 0.15) is 85.1 Å². The largest absolute Gasteiger partial charge is 0.494 e. The molecule has 0 spiro atoms. The van der Waals surface area contributed by atoms with E-state index in [1.807, 2.05) is 31.2 Å². The molecule has 0 heterocycles. The Kier molecular flexibility index (Phi) is 7.36. The number of fused-ring (bicyclic) bond motifs is 5. The molecular formula is C32H46O5. The first kappa shape index (κ1) is 26.9. The predicted octanol–water partition coefficient (Wildman–Crippen LogP) is 6.47. The summed E-state index contributed by atoms with van der Waals surface area (Å²) in [4.78, 5) is 12.6. The fourth-order valence-electron chi connectivity index (χ4n) is 8.79. The van der Waals surface area contributed by atoms with Gasteiger partial charge in [0, 0.05) is 25.4 Å². The monoisotopic (exact) mass is 510 g/mol. The van der Waals surface area contributed by atoms with Gasteiger partial charge >= 0.3 is 0 Å². The summed E-state index contributed by atoms with van der Waals surface area (Å²) >= 11 is 0. The van der Waals surface area contributed by atoms with Gasteiger partial charge in [-0.3, -0.25) is 4.79 Å². The molecule has 0 aromatic heterocycles. The molecule has 3 fully saturated rings. The van der Waals surface area contributed by atoms with Gasteiger partial charge in [0.2, 0.25) is 0 Å². The van der Waals surface area contributed by atoms with E-state index in [1.165, 1.54) is 5.57 Å². The summed E-state index contributed by atoms with van der Waals surface area (Å²) in [6.45, 7) is 12.3. The Bertz CT molecular complexity index is 1020. The van der Waals surface area contributed by atoms with Crippen molar-refractivity contribution in [3.05, 3.63) is 41.5 Å². The summed E-state index contributed by atoms with van der Waals surface area (Å²) < 4.78 is 18.2. The van der Waals surface area contributed by atoms with Crippen molar-refractivity contribution < 1.29 is 24.1 Å². The van der Waals surface area contributed by atoms with Crippen molar-refractivity contribution in [1.29, 1.82) is 0 Å². The van der Waals surface area contributed by atoms with Crippen LogP contribution in [-0.4, -0.2) is 36.0 Å². The van der Waals surface area contributed by atoms with Crippen LogP contribution < -0.4 is 4.74 Å². The van der Waals surface area contributed by atoms with Crippen molar-refractivity contribution in [2.75, 3.05) is 13.2 Å². The molecule has 4 aliphatic rings. The van der Waals surface area contributed by atoms with E-state index in [0.717, 1.165) is 43.4 Å². The number of aliphatic hydroxyl groups is 1. The average molecular weight is 511 g/mol. The quantitative estimate of drug-likeness (QED) is 0.321. The number of hydrogen-bond donors (Lipinski definition) is 1. The number of carbonyl (C=O) groups is 1. The summed E-state index contributed by atoms with van der Waals surface area (Å²) in [6.07, 6.45) is 8.87. The number of benzene rings is 1. The fraction of sp³-hybridized carbons (Fsp3) is 0.719. The zero-order valence-corrected chi connectivity index (χ0v) is 23.4. The second-order valence-corrected chi connectivity index (χ2v) is 12.6. The van der Waals surface area contributed by atoms with E-state index in [1.54, 1.807) is 6.92 Å². The van der Waals surface area contributed by atoms with E-state index < -0.39 is 5.79 Å². The molecule has 1 N–H and O–H groups in total. The van der Waals surface area contributed by atoms with Gasteiger partial charge in [0.05, 0.1) is 19.3 Å². The Morgan fingerprint density at radius 1 is 1.00 bits per heavy atom. The highest BCUT2D eigenvalue weighted by molar-refractivity contribution is 5.79. The zero-order chi connectivity index (χ0) is 26.4. The summed E-state index contributed by atoms with van der Waals surface area (Å²) in [5.74, 6) is 1.71. The summed E-state index contributed by atoms with van der Waals surface area (Å²) in [6, 6.07) is 7.92. The van der Waals surface area contributed by atoms with E-state index in [0.29, 0.717) is 56.2 Å². The molecule has 1 aromatic rings. The molecule has 0 radical (unpaired) electrons. The predicted molar refractivity (Wildman–Crippen MR) is 144 cm³/mol. The van der Waals surface area contributed by atoms with Crippen molar-refractivity contribution in [2.24, 2.45) is 34.5 Å². The van der Waals surface area contributed by atoms with Crippen LogP contribution in [0.4, 0.5) is 0 Å². The lowest BCUT2D eigenvalue weighted by molar-refractivity contribution is -0.233. The molecule has 204 valence electrons. The molecule has 5 nitrogen and oxygen atoms in total. The smallest absolute Gasteiger partial charge is 0.169 e. The summed E-state index contributed by atoms with van der Waals surface area (Å²) in [7, 11) is 0. The van der Waals surface area contributed by atoms with Crippen molar-refractivity contribution >= 4 is 5.78 Å². The van der Waals surface area contributed by atoms with Crippen LogP contribution in [0.25, 0.3) is 0 Å². The molecule has 3 saturated carbocycles. The standard InChI is InChI=1S/C32H46O5/c1-6-35-24-10-8-22(9-11-24)20-37-32(34)17-16-30(4)23(19-32)18-28(36-7-2)29-26-13-12-25(21(3)33)31(26,5)15-14-27(29)30/h8-11,18,25-29,34H,6-7,12-17,19-20H2,1-5H3/t25-,26?,27?,28?,29?,30+,31-,32+/m1/s1. The van der Waals surface area contributed by atoms with Gasteiger partial charge in [0.15, 0.2) is 5.79 Å². The van der Waals surface area contributed by atoms with Gasteiger partial charge < -0.3 is 19.3 Å². The highest BCUT2D eigenvalue weighted by atomic mass is 16.6. The van der Waals surface area contributed by atoms with E-state index in [2.05, 4.69) is 26.8 Å². The number of ketones is 1. The number of carbonyl (C=O) groups excluding carboxylic acids is 1. The topological polar surface area (TPSA) is 65.0 Å². The van der Waals surface area contributed by atoms with E-state index in [9.17, 15) is 9.90 Å². The molecule has 0 bridgehead atoms. The average Bonchev–Trinajstić information content (AvgIpc) is 3.23. The van der Waals surface area contributed by atoms with Crippen LogP contribution in [0.5, 0.6) is 5.75 Å². The van der Waals surface area contributed by atoms with E-state index >= 15 is 0 Å². The number of rotatable bonds is 8. The molecule has 4 aliphatic carbocycles. The fourth-order valence-corrected chi connectivity index (χ4v) is 8.79. The SMILES string of the molecule is CCOc1ccc(CO[C@@]2(O)CC[C@@]3(C)C(=CC(OCC)C4C3CC[C@@]3(C)C4CC[C@@H]3C(C)=O)C2)cc1. The van der Waals surface area contributed by atoms with Crippen molar-refractivity contribution in [3.63, 3.8) is 0 Å². The van der Waals surface area contributed by atoms with Gasteiger partial charge in [-0.1, -0.05) is 37.6 Å². The molecule has 0 saturated heterocycles. The maximum absolute atomic E-state index is 12.6. The van der Waals surface area contributed by atoms with E-state index in [4.69, 9.17) is 14.2 Å². The first-order valence-electron chi connectivity index (χ1n) is 14.5. The third-order valence-electron chi connectivity index (χ3n) is 10.7. The minimum atomic E-state index is -1.16. The van der Waals surface area contributed by atoms with Gasteiger partial charge in [-0.25, -0.2) is 0 Å². The first-order valence-corrected chi connectivity index (χ1v) is 14.5. The molecule has 5 heteroatoms. The Balaban J connectivity index is 1.36. The summed E-state index contributed by atoms with van der Waals surface area (Å²) in [5, 5.41) is 11.6. The van der Waals surface area contributed by atoms with Crippen molar-refractivity contribution in [1.82, 2.24) is 0 Å². The third kappa shape index (κ3) is 4.70. The molecule has 1 aromatic carbocycles. The Hall–Kier alpha value is -1.69. The molecule has 37 heavy (non-hydrogen) atoms. The Morgan fingerprint density at radius 3 is 2.43 bits per heavy atom. The van der Waals surface area contributed by atoms with E-state index in [-0.39, 0.29) is 22.9 Å². The van der Waals surface area contributed by atoms with Crippen molar-refractivity contribution in [3.8, 4) is 5.75 Å². The normalized spacial score (nSPS) is 40.8. The van der Waals surface area contributed by atoms with Gasteiger partial charge in [0.25, 0.3) is 0 Å². The Labute approximate surface area is 223 Å². The number of hydrogen-bond acceptors (Lipinski definition) is 5.